The number of para-hydroxylation sites is 1. The SMILES string of the molecule is C=CC(=O)OCCOC12c3ccccc3C(c3ccc(C)cc31)C(C(=O)Nc1ccccc1)C2C(=O)O. The number of hydrogen-bond acceptors (Lipinski definition) is 5. The van der Waals surface area contributed by atoms with Gasteiger partial charge in [-0.1, -0.05) is 72.8 Å². The molecule has 4 atom stereocenters. The Balaban J connectivity index is 1.68. The molecule has 0 spiro atoms. The van der Waals surface area contributed by atoms with E-state index in [1.807, 2.05) is 55.5 Å². The zero-order chi connectivity index (χ0) is 26.2. The van der Waals surface area contributed by atoms with Crippen molar-refractivity contribution in [3.63, 3.8) is 0 Å². The summed E-state index contributed by atoms with van der Waals surface area (Å²) in [6.07, 6.45) is 1.06. The van der Waals surface area contributed by atoms with Gasteiger partial charge in [0.15, 0.2) is 0 Å². The topological polar surface area (TPSA) is 102 Å². The van der Waals surface area contributed by atoms with Crippen LogP contribution in [0.2, 0.25) is 0 Å². The molecule has 0 radical (unpaired) electrons. The molecule has 0 fully saturated rings. The number of aryl methyl sites for hydroxylation is 1. The lowest BCUT2D eigenvalue weighted by Crippen LogP contribution is -2.59. The van der Waals surface area contributed by atoms with Crippen molar-refractivity contribution in [2.24, 2.45) is 11.8 Å². The highest BCUT2D eigenvalue weighted by Crippen LogP contribution is 2.62. The van der Waals surface area contributed by atoms with Crippen LogP contribution in [0.15, 0.2) is 85.5 Å². The Morgan fingerprint density at radius 2 is 1.68 bits per heavy atom. The molecule has 0 aliphatic heterocycles. The van der Waals surface area contributed by atoms with Gasteiger partial charge in [0.1, 0.15) is 18.1 Å². The summed E-state index contributed by atoms with van der Waals surface area (Å²) in [6.45, 7) is 5.17. The van der Waals surface area contributed by atoms with E-state index < -0.39 is 41.2 Å². The van der Waals surface area contributed by atoms with E-state index in [0.717, 1.165) is 28.3 Å². The van der Waals surface area contributed by atoms with Crippen molar-refractivity contribution < 1.29 is 29.0 Å². The highest BCUT2D eigenvalue weighted by molar-refractivity contribution is 5.98. The summed E-state index contributed by atoms with van der Waals surface area (Å²) in [5.41, 5.74) is 3.22. The summed E-state index contributed by atoms with van der Waals surface area (Å²) in [4.78, 5) is 38.5. The molecule has 188 valence electrons. The van der Waals surface area contributed by atoms with E-state index in [4.69, 9.17) is 9.47 Å². The number of anilines is 1. The molecule has 2 bridgehead atoms. The van der Waals surface area contributed by atoms with Crippen molar-refractivity contribution in [1.82, 2.24) is 0 Å². The lowest BCUT2D eigenvalue weighted by Gasteiger charge is -2.55. The first-order chi connectivity index (χ1) is 17.9. The van der Waals surface area contributed by atoms with Crippen molar-refractivity contribution in [3.05, 3.63) is 113 Å². The average Bonchev–Trinajstić information content (AvgIpc) is 2.91. The lowest BCUT2D eigenvalue weighted by atomic mass is 9.51. The molecule has 0 heterocycles. The van der Waals surface area contributed by atoms with Gasteiger partial charge >= 0.3 is 11.9 Å². The molecule has 0 saturated heterocycles. The summed E-state index contributed by atoms with van der Waals surface area (Å²) in [7, 11) is 0. The van der Waals surface area contributed by atoms with Crippen LogP contribution in [0.4, 0.5) is 5.69 Å². The molecule has 6 rings (SSSR count). The molecule has 1 amide bonds. The maximum atomic E-state index is 13.8. The van der Waals surface area contributed by atoms with E-state index in [9.17, 15) is 19.5 Å². The second-order valence-electron chi connectivity index (χ2n) is 9.31. The van der Waals surface area contributed by atoms with Gasteiger partial charge < -0.3 is 19.9 Å². The fourth-order valence-electron chi connectivity index (χ4n) is 5.88. The number of esters is 1. The minimum Gasteiger partial charge on any atom is -0.481 e. The number of carboxylic acid groups (broad SMARTS) is 1. The predicted molar refractivity (Wildman–Crippen MR) is 137 cm³/mol. The molecule has 3 aromatic rings. The van der Waals surface area contributed by atoms with Gasteiger partial charge in [0.05, 0.1) is 12.5 Å². The zero-order valence-corrected chi connectivity index (χ0v) is 20.3. The Hall–Kier alpha value is -4.23. The van der Waals surface area contributed by atoms with Gasteiger partial charge in [-0.15, -0.1) is 0 Å². The molecule has 0 saturated carbocycles. The molecule has 3 aliphatic rings. The molecule has 7 nitrogen and oxygen atoms in total. The van der Waals surface area contributed by atoms with Crippen molar-refractivity contribution in [2.45, 2.75) is 18.4 Å². The number of ether oxygens (including phenoxy) is 2. The van der Waals surface area contributed by atoms with E-state index in [1.165, 1.54) is 0 Å². The number of aliphatic carboxylic acids is 1. The highest BCUT2D eigenvalue weighted by atomic mass is 16.6. The summed E-state index contributed by atoms with van der Waals surface area (Å²) < 4.78 is 11.6. The summed E-state index contributed by atoms with van der Waals surface area (Å²) >= 11 is 0. The number of benzene rings is 3. The molecule has 0 aromatic heterocycles. The van der Waals surface area contributed by atoms with Gasteiger partial charge in [-0.25, -0.2) is 4.79 Å². The van der Waals surface area contributed by atoms with Crippen LogP contribution in [0, 0.1) is 18.8 Å². The summed E-state index contributed by atoms with van der Waals surface area (Å²) in [5.74, 6) is -4.77. The van der Waals surface area contributed by atoms with Crippen LogP contribution in [0.25, 0.3) is 0 Å². The van der Waals surface area contributed by atoms with Crippen molar-refractivity contribution >= 4 is 23.5 Å². The predicted octanol–water partition coefficient (Wildman–Crippen LogP) is 4.40. The fourth-order valence-corrected chi connectivity index (χ4v) is 5.88. The van der Waals surface area contributed by atoms with E-state index >= 15 is 0 Å². The normalized spacial score (nSPS) is 22.9. The smallest absolute Gasteiger partial charge is 0.330 e. The minimum atomic E-state index is -1.46. The lowest BCUT2D eigenvalue weighted by molar-refractivity contribution is -0.171. The Bertz CT molecular complexity index is 1380. The third-order valence-corrected chi connectivity index (χ3v) is 7.23. The number of hydrogen-bond donors (Lipinski definition) is 2. The Kier molecular flexibility index (Phi) is 6.39. The van der Waals surface area contributed by atoms with Crippen LogP contribution < -0.4 is 5.32 Å². The van der Waals surface area contributed by atoms with Gasteiger partial charge in [-0.3, -0.25) is 9.59 Å². The van der Waals surface area contributed by atoms with Gasteiger partial charge in [0, 0.05) is 17.7 Å². The Labute approximate surface area is 214 Å². The number of rotatable bonds is 8. The highest BCUT2D eigenvalue weighted by Gasteiger charge is 2.64. The second-order valence-corrected chi connectivity index (χ2v) is 9.31. The number of nitrogens with one attached hydrogen (secondary N) is 1. The Morgan fingerprint density at radius 3 is 2.41 bits per heavy atom. The minimum absolute atomic E-state index is 0.0667. The van der Waals surface area contributed by atoms with Crippen molar-refractivity contribution in [2.75, 3.05) is 18.5 Å². The largest absolute Gasteiger partial charge is 0.481 e. The van der Waals surface area contributed by atoms with Crippen LogP contribution in [0.3, 0.4) is 0 Å². The van der Waals surface area contributed by atoms with E-state index in [2.05, 4.69) is 11.9 Å². The second kappa shape index (κ2) is 9.67. The number of amides is 1. The van der Waals surface area contributed by atoms with Crippen LogP contribution in [-0.2, 0) is 29.5 Å². The van der Waals surface area contributed by atoms with Crippen molar-refractivity contribution in [3.8, 4) is 0 Å². The van der Waals surface area contributed by atoms with Gasteiger partial charge in [0.2, 0.25) is 5.91 Å². The van der Waals surface area contributed by atoms with Crippen LogP contribution in [0.5, 0.6) is 0 Å². The van der Waals surface area contributed by atoms with Crippen LogP contribution in [0.1, 0.15) is 33.7 Å². The molecule has 2 N–H and O–H groups in total. The van der Waals surface area contributed by atoms with E-state index in [1.54, 1.807) is 24.3 Å². The summed E-state index contributed by atoms with van der Waals surface area (Å²) in [5, 5.41) is 13.6. The first-order valence-corrected chi connectivity index (χ1v) is 12.1. The summed E-state index contributed by atoms with van der Waals surface area (Å²) in [6, 6.07) is 22.4. The average molecular weight is 498 g/mol. The molecule has 4 unspecified atom stereocenters. The third-order valence-electron chi connectivity index (χ3n) is 7.23. The third kappa shape index (κ3) is 4.01. The molecule has 7 heteroatoms. The molecular formula is C30H27NO6. The molecule has 3 aromatic carbocycles. The van der Waals surface area contributed by atoms with Crippen molar-refractivity contribution in [1.29, 1.82) is 0 Å². The fraction of sp³-hybridized carbons (Fsp3) is 0.233. The standard InChI is InChI=1S/C30H27NO6/c1-3-24(32)36-15-16-37-30-22-12-8-7-11-20(22)25(21-14-13-18(2)17-23(21)30)26(27(30)29(34)35)28(33)31-19-9-5-4-6-10-19/h3-14,17,25-27H,1,15-16H2,2H3,(H,31,33)(H,34,35). The maximum absolute atomic E-state index is 13.8. The number of fused-ring (bicyclic) bond motifs is 1. The van der Waals surface area contributed by atoms with Crippen LogP contribution in [-0.4, -0.2) is 36.2 Å². The molecule has 3 aliphatic carbocycles. The number of carbonyl (C=O) groups is 3. The van der Waals surface area contributed by atoms with Gasteiger partial charge in [0.25, 0.3) is 0 Å². The van der Waals surface area contributed by atoms with Gasteiger partial charge in [-0.05, 0) is 41.3 Å². The first kappa shape index (κ1) is 24.5. The first-order valence-electron chi connectivity index (χ1n) is 12.1. The monoisotopic (exact) mass is 497 g/mol. The maximum Gasteiger partial charge on any atom is 0.330 e. The van der Waals surface area contributed by atoms with E-state index in [0.29, 0.717) is 11.3 Å². The quantitative estimate of drug-likeness (QED) is 0.272. The number of carboxylic acids is 1. The number of carbonyl (C=O) groups excluding carboxylic acids is 2. The zero-order valence-electron chi connectivity index (χ0n) is 20.3. The van der Waals surface area contributed by atoms with Crippen LogP contribution >= 0.6 is 0 Å². The molecular weight excluding hydrogens is 470 g/mol. The molecule has 37 heavy (non-hydrogen) atoms. The van der Waals surface area contributed by atoms with E-state index in [-0.39, 0.29) is 13.2 Å². The van der Waals surface area contributed by atoms with Gasteiger partial charge in [-0.2, -0.15) is 0 Å². The Morgan fingerprint density at radius 1 is 0.973 bits per heavy atom.